The Morgan fingerprint density at radius 2 is 2.05 bits per heavy atom. The van der Waals surface area contributed by atoms with E-state index in [2.05, 4.69) is 19.4 Å². The van der Waals surface area contributed by atoms with Gasteiger partial charge in [0.2, 0.25) is 11.4 Å². The van der Waals surface area contributed by atoms with Crippen molar-refractivity contribution in [3.05, 3.63) is 105 Å². The van der Waals surface area contributed by atoms with Crippen molar-refractivity contribution in [3.63, 3.8) is 0 Å². The second-order valence-corrected chi connectivity index (χ2v) is 11.1. The van der Waals surface area contributed by atoms with E-state index < -0.39 is 5.82 Å². The molecule has 0 amide bonds. The van der Waals surface area contributed by atoms with Gasteiger partial charge in [0, 0.05) is 54.2 Å². The quantitative estimate of drug-likeness (QED) is 0.276. The van der Waals surface area contributed by atoms with E-state index in [1.54, 1.807) is 18.3 Å². The Balaban J connectivity index is 1.12. The topological polar surface area (TPSA) is 98.2 Å². The second kappa shape index (κ2) is 11.3. The van der Waals surface area contributed by atoms with E-state index in [1.165, 1.54) is 17.7 Å². The first-order valence-electron chi connectivity index (χ1n) is 13.9. The summed E-state index contributed by atoms with van der Waals surface area (Å²) in [7, 11) is 0. The van der Waals surface area contributed by atoms with Crippen LogP contribution in [0.1, 0.15) is 29.1 Å². The van der Waals surface area contributed by atoms with Gasteiger partial charge in [0.25, 0.3) is 0 Å². The molecule has 0 aliphatic carbocycles. The number of aromatic nitrogens is 5. The van der Waals surface area contributed by atoms with Gasteiger partial charge in [-0.15, -0.1) is 0 Å². The van der Waals surface area contributed by atoms with Gasteiger partial charge in [-0.2, -0.15) is 0 Å². The molecule has 1 aromatic carbocycles. The molecule has 0 spiro atoms. The predicted octanol–water partition coefficient (Wildman–Crippen LogP) is 4.90. The first kappa shape index (κ1) is 26.8. The Kier molecular flexibility index (Phi) is 7.19. The third-order valence-corrected chi connectivity index (χ3v) is 8.07. The number of ether oxygens (including phenoxy) is 2. The fourth-order valence-electron chi connectivity index (χ4n) is 5.44. The van der Waals surface area contributed by atoms with Gasteiger partial charge >= 0.3 is 0 Å². The smallest absolute Gasteiger partial charge is 0.248 e. The largest absolute Gasteiger partial charge is 0.473 e. The molecular weight excluding hydrogens is 559 g/mol. The van der Waals surface area contributed by atoms with E-state index in [0.29, 0.717) is 41.8 Å². The maximum Gasteiger partial charge on any atom is 0.248 e. The van der Waals surface area contributed by atoms with E-state index in [-0.39, 0.29) is 18.3 Å². The number of hydrogen-bond donors (Lipinski definition) is 1. The van der Waals surface area contributed by atoms with Crippen molar-refractivity contribution in [2.75, 3.05) is 13.2 Å². The molecule has 7 rings (SSSR count). The number of halogens is 2. The monoisotopic (exact) mass is 586 g/mol. The van der Waals surface area contributed by atoms with E-state index in [1.807, 2.05) is 30.5 Å². The predicted molar refractivity (Wildman–Crippen MR) is 156 cm³/mol. The molecule has 0 saturated carbocycles. The van der Waals surface area contributed by atoms with Gasteiger partial charge in [0.1, 0.15) is 18.2 Å². The summed E-state index contributed by atoms with van der Waals surface area (Å²) < 4.78 is 28.0. The van der Waals surface area contributed by atoms with Crippen LogP contribution in [-0.4, -0.2) is 48.7 Å². The van der Waals surface area contributed by atoms with Crippen LogP contribution < -0.4 is 10.3 Å². The minimum atomic E-state index is -0.401. The second-order valence-electron chi connectivity index (χ2n) is 10.7. The van der Waals surface area contributed by atoms with Crippen molar-refractivity contribution in [2.24, 2.45) is 0 Å². The standard InChI is InChI=1S/C31H28ClFN6O3/c32-22-3-1-21(24(33)12-22)18-42-31-4-2-19-6-9-38(16-27(19)37-31)17-29-36-26-13-25(20-5-8-34-30(40)11-20)35-14-28(26)39(29)15-23-7-10-41-23/h1-5,8,11-14,23H,6-7,9-10,15-18H2,(H,34,40)/t23-/m0/s1. The molecule has 1 fully saturated rings. The zero-order valence-electron chi connectivity index (χ0n) is 22.7. The Bertz CT molecular complexity index is 1840. The SMILES string of the molecule is O=c1cc(-c2cc3nc(CN4CCc5ccc(OCc6ccc(Cl)cc6F)nc5C4)n(C[C@@H]4CCO4)c3cn2)cc[nH]1. The number of nitrogens with zero attached hydrogens (tertiary/aromatic N) is 5. The number of aromatic amines is 1. The summed E-state index contributed by atoms with van der Waals surface area (Å²) in [6.45, 7) is 3.69. The molecule has 214 valence electrons. The number of pyridine rings is 3. The Morgan fingerprint density at radius 1 is 1.14 bits per heavy atom. The molecular formula is C31H28ClFN6O3. The van der Waals surface area contributed by atoms with Crippen molar-refractivity contribution in [1.29, 1.82) is 0 Å². The summed E-state index contributed by atoms with van der Waals surface area (Å²) in [5.41, 5.74) is 5.59. The van der Waals surface area contributed by atoms with Crippen LogP contribution in [0.25, 0.3) is 22.3 Å². The normalized spacial score (nSPS) is 16.8. The molecule has 1 atom stereocenters. The lowest BCUT2D eigenvalue weighted by Crippen LogP contribution is -2.34. The highest BCUT2D eigenvalue weighted by Gasteiger charge is 2.25. The van der Waals surface area contributed by atoms with Gasteiger partial charge < -0.3 is 19.0 Å². The molecule has 2 aliphatic rings. The molecule has 2 aliphatic heterocycles. The highest BCUT2D eigenvalue weighted by atomic mass is 35.5. The van der Waals surface area contributed by atoms with Gasteiger partial charge in [-0.25, -0.2) is 14.4 Å². The number of benzene rings is 1. The third kappa shape index (κ3) is 5.53. The fourth-order valence-corrected chi connectivity index (χ4v) is 5.60. The van der Waals surface area contributed by atoms with Gasteiger partial charge in [-0.05, 0) is 42.7 Å². The number of fused-ring (bicyclic) bond motifs is 2. The van der Waals surface area contributed by atoms with Crippen molar-refractivity contribution >= 4 is 22.6 Å². The molecule has 1 saturated heterocycles. The van der Waals surface area contributed by atoms with E-state index in [0.717, 1.165) is 54.1 Å². The van der Waals surface area contributed by atoms with Crippen LogP contribution in [0, 0.1) is 5.82 Å². The molecule has 9 nitrogen and oxygen atoms in total. The summed E-state index contributed by atoms with van der Waals surface area (Å²) in [5.74, 6) is 0.985. The molecule has 6 heterocycles. The van der Waals surface area contributed by atoms with Crippen LogP contribution in [-0.2, 0) is 37.4 Å². The maximum absolute atomic E-state index is 14.2. The molecule has 11 heteroatoms. The summed E-state index contributed by atoms with van der Waals surface area (Å²) in [4.78, 5) is 31.3. The molecule has 42 heavy (non-hydrogen) atoms. The van der Waals surface area contributed by atoms with Crippen molar-refractivity contribution in [3.8, 4) is 17.1 Å². The summed E-state index contributed by atoms with van der Waals surface area (Å²) in [6.07, 6.45) is 5.48. The summed E-state index contributed by atoms with van der Waals surface area (Å²) >= 11 is 5.87. The van der Waals surface area contributed by atoms with Crippen LogP contribution in [0.2, 0.25) is 5.02 Å². The van der Waals surface area contributed by atoms with Crippen molar-refractivity contribution < 1.29 is 13.9 Å². The highest BCUT2D eigenvalue weighted by molar-refractivity contribution is 6.30. The average molecular weight is 587 g/mol. The molecule has 0 radical (unpaired) electrons. The van der Waals surface area contributed by atoms with Crippen molar-refractivity contribution in [2.45, 2.75) is 45.2 Å². The lowest BCUT2D eigenvalue weighted by atomic mass is 10.1. The van der Waals surface area contributed by atoms with Crippen LogP contribution in [0.5, 0.6) is 5.88 Å². The fraction of sp³-hybridized carbons (Fsp3) is 0.290. The maximum atomic E-state index is 14.2. The number of rotatable bonds is 8. The minimum absolute atomic E-state index is 0.0686. The van der Waals surface area contributed by atoms with Crippen LogP contribution in [0.3, 0.4) is 0 Å². The number of nitrogens with one attached hydrogen (secondary N) is 1. The lowest BCUT2D eigenvalue weighted by molar-refractivity contribution is -0.0592. The molecule has 1 N–H and O–H groups in total. The van der Waals surface area contributed by atoms with Crippen molar-refractivity contribution in [1.82, 2.24) is 29.4 Å². The lowest BCUT2D eigenvalue weighted by Gasteiger charge is -2.30. The van der Waals surface area contributed by atoms with Gasteiger partial charge in [-0.3, -0.25) is 14.7 Å². The number of imidazole rings is 1. The zero-order valence-corrected chi connectivity index (χ0v) is 23.5. The number of hydrogen-bond acceptors (Lipinski definition) is 7. The van der Waals surface area contributed by atoms with Crippen LogP contribution in [0.4, 0.5) is 4.39 Å². The van der Waals surface area contributed by atoms with Gasteiger partial charge in [0.05, 0.1) is 47.8 Å². The van der Waals surface area contributed by atoms with Crippen LogP contribution >= 0.6 is 11.6 Å². The molecule has 0 unspecified atom stereocenters. The van der Waals surface area contributed by atoms with E-state index >= 15 is 0 Å². The first-order chi connectivity index (χ1) is 20.5. The highest BCUT2D eigenvalue weighted by Crippen LogP contribution is 2.27. The summed E-state index contributed by atoms with van der Waals surface area (Å²) in [5, 5.41) is 0.349. The van der Waals surface area contributed by atoms with E-state index in [9.17, 15) is 9.18 Å². The van der Waals surface area contributed by atoms with Crippen LogP contribution in [0.15, 0.2) is 65.7 Å². The van der Waals surface area contributed by atoms with Gasteiger partial charge in [-0.1, -0.05) is 23.7 Å². The Hall–Kier alpha value is -4.12. The molecule has 5 aromatic rings. The first-order valence-corrected chi connectivity index (χ1v) is 14.3. The van der Waals surface area contributed by atoms with Gasteiger partial charge in [0.15, 0.2) is 0 Å². The zero-order chi connectivity index (χ0) is 28.6. The third-order valence-electron chi connectivity index (χ3n) is 7.83. The number of H-pyrrole nitrogens is 1. The Morgan fingerprint density at radius 3 is 2.86 bits per heavy atom. The Labute approximate surface area is 245 Å². The average Bonchev–Trinajstić information content (AvgIpc) is 3.30. The minimum Gasteiger partial charge on any atom is -0.473 e. The molecule has 4 aromatic heterocycles. The summed E-state index contributed by atoms with van der Waals surface area (Å²) in [6, 6.07) is 13.7. The van der Waals surface area contributed by atoms with E-state index in [4.69, 9.17) is 31.0 Å². The molecule has 0 bridgehead atoms.